The van der Waals surface area contributed by atoms with Gasteiger partial charge >= 0.3 is 0 Å². The highest BCUT2D eigenvalue weighted by Crippen LogP contribution is 2.30. The van der Waals surface area contributed by atoms with Crippen LogP contribution in [0, 0.1) is 5.92 Å². The van der Waals surface area contributed by atoms with Crippen molar-refractivity contribution < 1.29 is 0 Å². The number of hydrogen-bond acceptors (Lipinski definition) is 2. The maximum Gasteiger partial charge on any atom is 0.0142 e. The summed E-state index contributed by atoms with van der Waals surface area (Å²) in [6.45, 7) is 4.26. The van der Waals surface area contributed by atoms with Gasteiger partial charge in [-0.1, -0.05) is 13.8 Å². The summed E-state index contributed by atoms with van der Waals surface area (Å²) in [5, 5.41) is 0. The minimum absolute atomic E-state index is 0.433. The maximum atomic E-state index is 6.04. The molecular weight excluding hydrogens is 160 g/mol. The molecule has 0 atom stereocenters. The molecule has 0 heterocycles. The van der Waals surface area contributed by atoms with E-state index in [-0.39, 0.29) is 0 Å². The van der Waals surface area contributed by atoms with Crippen LogP contribution in [0.25, 0.3) is 0 Å². The third-order valence-corrected chi connectivity index (χ3v) is 2.68. The van der Waals surface area contributed by atoms with Crippen molar-refractivity contribution in [2.24, 2.45) is 17.4 Å². The Labute approximate surface area is 80.7 Å². The van der Waals surface area contributed by atoms with E-state index in [1.165, 1.54) is 24.0 Å². The molecule has 0 aliphatic heterocycles. The van der Waals surface area contributed by atoms with Crippen LogP contribution in [0.2, 0.25) is 0 Å². The summed E-state index contributed by atoms with van der Waals surface area (Å²) in [6, 6.07) is 0. The molecule has 0 aromatic heterocycles. The van der Waals surface area contributed by atoms with Crippen molar-refractivity contribution in [3.63, 3.8) is 0 Å². The predicted molar refractivity (Wildman–Crippen MR) is 56.8 cm³/mol. The number of nitrogens with two attached hydrogens (primary N) is 2. The Hall–Kier alpha value is -0.920. The molecule has 2 nitrogen and oxygen atoms in total. The Morgan fingerprint density at radius 1 is 1.31 bits per heavy atom. The zero-order valence-corrected chi connectivity index (χ0v) is 8.64. The summed E-state index contributed by atoms with van der Waals surface area (Å²) >= 11 is 0. The van der Waals surface area contributed by atoms with Gasteiger partial charge in [-0.2, -0.15) is 0 Å². The molecule has 2 heteroatoms. The summed E-state index contributed by atoms with van der Waals surface area (Å²) in [4.78, 5) is 0. The molecule has 0 unspecified atom stereocenters. The van der Waals surface area contributed by atoms with Gasteiger partial charge in [0.15, 0.2) is 0 Å². The second-order valence-electron chi connectivity index (χ2n) is 3.99. The van der Waals surface area contributed by atoms with Crippen LogP contribution < -0.4 is 11.5 Å². The minimum Gasteiger partial charge on any atom is -0.404 e. The van der Waals surface area contributed by atoms with Crippen molar-refractivity contribution in [1.82, 2.24) is 0 Å². The van der Waals surface area contributed by atoms with Crippen molar-refractivity contribution in [3.8, 4) is 0 Å². The summed E-state index contributed by atoms with van der Waals surface area (Å²) in [5.41, 5.74) is 15.2. The Morgan fingerprint density at radius 3 is 2.46 bits per heavy atom. The minimum atomic E-state index is 0.433. The number of allylic oxidation sites excluding steroid dienone is 3. The first kappa shape index (κ1) is 10.2. The quantitative estimate of drug-likeness (QED) is 0.650. The van der Waals surface area contributed by atoms with Crippen molar-refractivity contribution in [3.05, 3.63) is 23.0 Å². The monoisotopic (exact) mass is 180 g/mol. The van der Waals surface area contributed by atoms with Gasteiger partial charge < -0.3 is 11.5 Å². The van der Waals surface area contributed by atoms with Crippen molar-refractivity contribution in [1.29, 1.82) is 0 Å². The first-order chi connectivity index (χ1) is 6.16. The Kier molecular flexibility index (Phi) is 3.40. The van der Waals surface area contributed by atoms with E-state index in [1.807, 2.05) is 0 Å². The topological polar surface area (TPSA) is 52.0 Å². The van der Waals surface area contributed by atoms with Gasteiger partial charge in [0.05, 0.1) is 0 Å². The lowest BCUT2D eigenvalue weighted by atomic mass is 9.86. The zero-order valence-electron chi connectivity index (χ0n) is 8.64. The van der Waals surface area contributed by atoms with Crippen molar-refractivity contribution in [2.75, 3.05) is 0 Å². The van der Waals surface area contributed by atoms with Crippen LogP contribution in [0.1, 0.15) is 39.5 Å². The van der Waals surface area contributed by atoms with E-state index < -0.39 is 0 Å². The molecule has 13 heavy (non-hydrogen) atoms. The molecule has 0 saturated heterocycles. The molecule has 0 aromatic carbocycles. The molecule has 0 bridgehead atoms. The highest BCUT2D eigenvalue weighted by molar-refractivity contribution is 5.36. The molecule has 0 spiro atoms. The molecule has 0 amide bonds. The van der Waals surface area contributed by atoms with Crippen LogP contribution in [-0.4, -0.2) is 0 Å². The van der Waals surface area contributed by atoms with Gasteiger partial charge in [0.25, 0.3) is 0 Å². The number of hydrogen-bond donors (Lipinski definition) is 2. The Morgan fingerprint density at radius 2 is 1.92 bits per heavy atom. The highest BCUT2D eigenvalue weighted by atomic mass is 14.6. The second-order valence-corrected chi connectivity index (χ2v) is 3.99. The maximum absolute atomic E-state index is 6.04. The lowest BCUT2D eigenvalue weighted by Crippen LogP contribution is -2.13. The van der Waals surface area contributed by atoms with Crippen LogP contribution >= 0.6 is 0 Å². The van der Waals surface area contributed by atoms with E-state index in [1.54, 1.807) is 6.20 Å². The van der Waals surface area contributed by atoms with Crippen LogP contribution in [0.3, 0.4) is 0 Å². The fourth-order valence-corrected chi connectivity index (χ4v) is 1.79. The lowest BCUT2D eigenvalue weighted by molar-refractivity contribution is 0.647. The molecule has 0 radical (unpaired) electrons. The van der Waals surface area contributed by atoms with Crippen LogP contribution in [0.5, 0.6) is 0 Å². The van der Waals surface area contributed by atoms with E-state index in [0.29, 0.717) is 5.92 Å². The third kappa shape index (κ3) is 2.27. The van der Waals surface area contributed by atoms with Crippen LogP contribution in [-0.2, 0) is 0 Å². The standard InChI is InChI=1S/C11H20N2/c1-8(2)11(13)10-6-4-3-5-9(10)7-12/h7-8H,3-6,12-13H2,1-2H3/b9-7-,11-10-. The van der Waals surface area contributed by atoms with Crippen LogP contribution in [0.4, 0.5) is 0 Å². The smallest absolute Gasteiger partial charge is 0.0142 e. The lowest BCUT2D eigenvalue weighted by Gasteiger charge is -2.21. The van der Waals surface area contributed by atoms with Gasteiger partial charge in [-0.3, -0.25) is 0 Å². The van der Waals surface area contributed by atoms with E-state index >= 15 is 0 Å². The summed E-state index contributed by atoms with van der Waals surface area (Å²) in [7, 11) is 0. The van der Waals surface area contributed by atoms with Gasteiger partial charge in [-0.15, -0.1) is 0 Å². The van der Waals surface area contributed by atoms with E-state index in [4.69, 9.17) is 11.5 Å². The van der Waals surface area contributed by atoms with Gasteiger partial charge in [0, 0.05) is 5.70 Å². The van der Waals surface area contributed by atoms with Crippen LogP contribution in [0.15, 0.2) is 23.0 Å². The first-order valence-electron chi connectivity index (χ1n) is 5.06. The predicted octanol–water partition coefficient (Wildman–Crippen LogP) is 2.27. The van der Waals surface area contributed by atoms with E-state index in [9.17, 15) is 0 Å². The normalized spacial score (nSPS) is 25.3. The molecule has 1 fully saturated rings. The summed E-state index contributed by atoms with van der Waals surface area (Å²) < 4.78 is 0. The molecule has 74 valence electrons. The third-order valence-electron chi connectivity index (χ3n) is 2.68. The first-order valence-corrected chi connectivity index (χ1v) is 5.06. The van der Waals surface area contributed by atoms with Crippen molar-refractivity contribution in [2.45, 2.75) is 39.5 Å². The van der Waals surface area contributed by atoms with E-state index in [0.717, 1.165) is 18.5 Å². The largest absolute Gasteiger partial charge is 0.404 e. The molecule has 1 aliphatic carbocycles. The number of rotatable bonds is 1. The van der Waals surface area contributed by atoms with Gasteiger partial charge in [-0.25, -0.2) is 0 Å². The Bertz CT molecular complexity index is 236. The summed E-state index contributed by atoms with van der Waals surface area (Å²) in [5.74, 6) is 0.433. The zero-order chi connectivity index (χ0) is 9.84. The highest BCUT2D eigenvalue weighted by Gasteiger charge is 2.15. The van der Waals surface area contributed by atoms with Gasteiger partial charge in [0.1, 0.15) is 0 Å². The molecule has 1 aliphatic rings. The SMILES string of the molecule is CC(C)/C(N)=C1\CCCC\C1=C\N. The fourth-order valence-electron chi connectivity index (χ4n) is 1.79. The average Bonchev–Trinajstić information content (AvgIpc) is 2.16. The molecule has 1 saturated carbocycles. The van der Waals surface area contributed by atoms with Crippen molar-refractivity contribution >= 4 is 0 Å². The Balaban J connectivity index is 2.92. The molecule has 1 rings (SSSR count). The second kappa shape index (κ2) is 4.35. The molecule has 0 aromatic rings. The molecular formula is C11H20N2. The molecule has 4 N–H and O–H groups in total. The van der Waals surface area contributed by atoms with Gasteiger partial charge in [0.2, 0.25) is 0 Å². The summed E-state index contributed by atoms with van der Waals surface area (Å²) in [6.07, 6.45) is 6.42. The van der Waals surface area contributed by atoms with E-state index in [2.05, 4.69) is 13.8 Å². The average molecular weight is 180 g/mol. The van der Waals surface area contributed by atoms with Gasteiger partial charge in [-0.05, 0) is 48.9 Å². The fraction of sp³-hybridized carbons (Fsp3) is 0.636.